The fraction of sp³-hybridized carbons (Fsp3) is 0.429. The summed E-state index contributed by atoms with van der Waals surface area (Å²) < 4.78 is 23.1. The summed E-state index contributed by atoms with van der Waals surface area (Å²) in [4.78, 5) is 23.1. The maximum absolute atomic E-state index is 12.2. The van der Waals surface area contributed by atoms with E-state index in [2.05, 4.69) is 5.32 Å². The maximum atomic E-state index is 12.2. The standard InChI is InChI=1S/C14H20N2O5S/c1-4-5-11(14(18)19)16-13(17)10-6-8(2)9(3)12(7-10)22(15,20)21/h6-7,11H,4-5H2,1-3H3,(H,16,17)(H,18,19)(H2,15,20,21). The first kappa shape index (κ1) is 18.1. The summed E-state index contributed by atoms with van der Waals surface area (Å²) >= 11 is 0. The third-order valence-electron chi connectivity index (χ3n) is 3.37. The zero-order valence-electron chi connectivity index (χ0n) is 12.7. The highest BCUT2D eigenvalue weighted by molar-refractivity contribution is 7.89. The second-order valence-electron chi connectivity index (χ2n) is 5.11. The van der Waals surface area contributed by atoms with E-state index in [1.165, 1.54) is 6.07 Å². The molecule has 1 atom stereocenters. The number of aliphatic carboxylic acids is 1. The second kappa shape index (κ2) is 6.89. The Labute approximate surface area is 129 Å². The zero-order chi connectivity index (χ0) is 17.1. The molecule has 0 spiro atoms. The van der Waals surface area contributed by atoms with Crippen LogP contribution in [0.1, 0.15) is 41.3 Å². The molecule has 1 aromatic rings. The average molecular weight is 328 g/mol. The maximum Gasteiger partial charge on any atom is 0.326 e. The Balaban J connectivity index is 3.19. The molecule has 0 aromatic heterocycles. The number of rotatable bonds is 6. The molecule has 0 aliphatic carbocycles. The van der Waals surface area contributed by atoms with Gasteiger partial charge in [-0.05, 0) is 43.5 Å². The predicted octanol–water partition coefficient (Wildman–Crippen LogP) is 0.934. The van der Waals surface area contributed by atoms with Crippen molar-refractivity contribution >= 4 is 21.9 Å². The van der Waals surface area contributed by atoms with Gasteiger partial charge in [0.05, 0.1) is 4.90 Å². The lowest BCUT2D eigenvalue weighted by Crippen LogP contribution is -2.40. The predicted molar refractivity (Wildman–Crippen MR) is 81.1 cm³/mol. The summed E-state index contributed by atoms with van der Waals surface area (Å²) in [6.45, 7) is 5.05. The van der Waals surface area contributed by atoms with Crippen LogP contribution in [0.25, 0.3) is 0 Å². The van der Waals surface area contributed by atoms with E-state index < -0.39 is 27.9 Å². The molecular weight excluding hydrogens is 308 g/mol. The lowest BCUT2D eigenvalue weighted by Gasteiger charge is -2.15. The molecule has 1 aromatic carbocycles. The Kier molecular flexibility index (Phi) is 5.67. The smallest absolute Gasteiger partial charge is 0.326 e. The van der Waals surface area contributed by atoms with E-state index in [9.17, 15) is 18.0 Å². The van der Waals surface area contributed by atoms with Gasteiger partial charge in [-0.1, -0.05) is 13.3 Å². The molecule has 1 unspecified atom stereocenters. The fourth-order valence-corrected chi connectivity index (χ4v) is 2.92. The summed E-state index contributed by atoms with van der Waals surface area (Å²) in [6, 6.07) is 1.65. The van der Waals surface area contributed by atoms with Crippen molar-refractivity contribution in [2.75, 3.05) is 0 Å². The fourth-order valence-electron chi connectivity index (χ4n) is 2.04. The number of carboxylic acid groups (broad SMARTS) is 1. The van der Waals surface area contributed by atoms with Crippen molar-refractivity contribution in [1.29, 1.82) is 0 Å². The van der Waals surface area contributed by atoms with Gasteiger partial charge in [0.25, 0.3) is 5.91 Å². The zero-order valence-corrected chi connectivity index (χ0v) is 13.5. The molecule has 1 amide bonds. The molecule has 122 valence electrons. The first-order chi connectivity index (χ1) is 10.1. The number of nitrogens with one attached hydrogen (secondary N) is 1. The third kappa shape index (κ3) is 4.28. The van der Waals surface area contributed by atoms with E-state index in [1.807, 2.05) is 0 Å². The number of carbonyl (C=O) groups excluding carboxylic acids is 1. The molecule has 0 aliphatic heterocycles. The van der Waals surface area contributed by atoms with Crippen molar-refractivity contribution in [3.8, 4) is 0 Å². The van der Waals surface area contributed by atoms with Gasteiger partial charge in [-0.3, -0.25) is 4.79 Å². The van der Waals surface area contributed by atoms with Gasteiger partial charge in [-0.2, -0.15) is 0 Å². The van der Waals surface area contributed by atoms with Crippen LogP contribution in [-0.4, -0.2) is 31.4 Å². The second-order valence-corrected chi connectivity index (χ2v) is 6.64. The van der Waals surface area contributed by atoms with Crippen molar-refractivity contribution in [2.24, 2.45) is 5.14 Å². The molecule has 0 fully saturated rings. The molecule has 8 heteroatoms. The monoisotopic (exact) mass is 328 g/mol. The molecule has 0 saturated heterocycles. The summed E-state index contributed by atoms with van der Waals surface area (Å²) in [5.74, 6) is -1.78. The number of primary sulfonamides is 1. The lowest BCUT2D eigenvalue weighted by molar-refractivity contribution is -0.139. The Morgan fingerprint density at radius 2 is 1.91 bits per heavy atom. The van der Waals surface area contributed by atoms with Crippen molar-refractivity contribution < 1.29 is 23.1 Å². The van der Waals surface area contributed by atoms with Crippen LogP contribution in [0.15, 0.2) is 17.0 Å². The van der Waals surface area contributed by atoms with Gasteiger partial charge in [-0.15, -0.1) is 0 Å². The molecule has 7 nitrogen and oxygen atoms in total. The largest absolute Gasteiger partial charge is 0.480 e. The van der Waals surface area contributed by atoms with Crippen molar-refractivity contribution in [1.82, 2.24) is 5.32 Å². The van der Waals surface area contributed by atoms with Gasteiger partial charge in [0.1, 0.15) is 6.04 Å². The van der Waals surface area contributed by atoms with Crippen molar-refractivity contribution in [3.05, 3.63) is 28.8 Å². The minimum atomic E-state index is -3.96. The molecule has 0 aliphatic rings. The number of carbonyl (C=O) groups is 2. The first-order valence-electron chi connectivity index (χ1n) is 6.75. The van der Waals surface area contributed by atoms with Gasteiger partial charge in [-0.25, -0.2) is 18.4 Å². The molecule has 0 saturated carbocycles. The number of hydrogen-bond donors (Lipinski definition) is 3. The SMILES string of the molecule is CCCC(NC(=O)c1cc(C)c(C)c(S(N)(=O)=O)c1)C(=O)O. The van der Waals surface area contributed by atoms with Crippen LogP contribution in [0.3, 0.4) is 0 Å². The van der Waals surface area contributed by atoms with E-state index in [0.717, 1.165) is 6.07 Å². The quantitative estimate of drug-likeness (QED) is 0.716. The summed E-state index contributed by atoms with van der Waals surface area (Å²) in [6.07, 6.45) is 0.876. The van der Waals surface area contributed by atoms with Gasteiger partial charge >= 0.3 is 5.97 Å². The number of aryl methyl sites for hydroxylation is 1. The number of carboxylic acids is 1. The molecule has 22 heavy (non-hydrogen) atoms. The Hall–Kier alpha value is -1.93. The van der Waals surface area contributed by atoms with E-state index in [1.54, 1.807) is 20.8 Å². The lowest BCUT2D eigenvalue weighted by atomic mass is 10.0. The van der Waals surface area contributed by atoms with Crippen LogP contribution in [0, 0.1) is 13.8 Å². The van der Waals surface area contributed by atoms with Crippen molar-refractivity contribution in [3.63, 3.8) is 0 Å². The van der Waals surface area contributed by atoms with Gasteiger partial charge in [0, 0.05) is 5.56 Å². The normalized spacial score (nSPS) is 12.7. The highest BCUT2D eigenvalue weighted by atomic mass is 32.2. The molecule has 0 radical (unpaired) electrons. The van der Waals surface area contributed by atoms with E-state index in [4.69, 9.17) is 10.2 Å². The highest BCUT2D eigenvalue weighted by Crippen LogP contribution is 2.20. The van der Waals surface area contributed by atoms with Crippen LogP contribution in [-0.2, 0) is 14.8 Å². The van der Waals surface area contributed by atoms with E-state index in [-0.39, 0.29) is 16.9 Å². The summed E-state index contributed by atoms with van der Waals surface area (Å²) in [7, 11) is -3.96. The van der Waals surface area contributed by atoms with Crippen LogP contribution in [0.2, 0.25) is 0 Å². The Morgan fingerprint density at radius 1 is 1.32 bits per heavy atom. The number of benzene rings is 1. The van der Waals surface area contributed by atoms with E-state index >= 15 is 0 Å². The highest BCUT2D eigenvalue weighted by Gasteiger charge is 2.22. The third-order valence-corrected chi connectivity index (χ3v) is 4.41. The Bertz CT molecular complexity index is 697. The number of nitrogens with two attached hydrogens (primary N) is 1. The number of sulfonamides is 1. The van der Waals surface area contributed by atoms with Gasteiger partial charge in [0.2, 0.25) is 10.0 Å². The molecule has 4 N–H and O–H groups in total. The topological polar surface area (TPSA) is 127 Å². The first-order valence-corrected chi connectivity index (χ1v) is 8.30. The van der Waals surface area contributed by atoms with Gasteiger partial charge < -0.3 is 10.4 Å². The average Bonchev–Trinajstić information content (AvgIpc) is 2.39. The van der Waals surface area contributed by atoms with Crippen LogP contribution in [0.4, 0.5) is 0 Å². The molecule has 0 heterocycles. The number of hydrogen-bond acceptors (Lipinski definition) is 4. The molecule has 1 rings (SSSR count). The molecular formula is C14H20N2O5S. The summed E-state index contributed by atoms with van der Waals surface area (Å²) in [5.41, 5.74) is 1.11. The minimum Gasteiger partial charge on any atom is -0.480 e. The van der Waals surface area contributed by atoms with Crippen LogP contribution < -0.4 is 10.5 Å². The summed E-state index contributed by atoms with van der Waals surface area (Å²) in [5, 5.41) is 16.6. The van der Waals surface area contributed by atoms with Crippen LogP contribution in [0.5, 0.6) is 0 Å². The van der Waals surface area contributed by atoms with Crippen molar-refractivity contribution in [2.45, 2.75) is 44.6 Å². The minimum absolute atomic E-state index is 0.0643. The van der Waals surface area contributed by atoms with Gasteiger partial charge in [0.15, 0.2) is 0 Å². The van der Waals surface area contributed by atoms with Crippen LogP contribution >= 0.6 is 0 Å². The van der Waals surface area contributed by atoms with E-state index in [0.29, 0.717) is 17.5 Å². The Morgan fingerprint density at radius 3 is 2.36 bits per heavy atom. The molecule has 0 bridgehead atoms. The number of amides is 1.